The van der Waals surface area contributed by atoms with Crippen LogP contribution in [0.15, 0.2) is 0 Å². The van der Waals surface area contributed by atoms with Gasteiger partial charge in [0.2, 0.25) is 0 Å². The van der Waals surface area contributed by atoms with Crippen molar-refractivity contribution in [2.24, 2.45) is 5.92 Å². The highest BCUT2D eigenvalue weighted by molar-refractivity contribution is 7.99. The van der Waals surface area contributed by atoms with Gasteiger partial charge in [-0.15, -0.1) is 0 Å². The van der Waals surface area contributed by atoms with Gasteiger partial charge in [-0.2, -0.15) is 24.9 Å². The lowest BCUT2D eigenvalue weighted by molar-refractivity contribution is -0.140. The molecule has 0 saturated carbocycles. The zero-order chi connectivity index (χ0) is 9.78. The van der Waals surface area contributed by atoms with E-state index in [1.54, 1.807) is 0 Å². The van der Waals surface area contributed by atoms with Gasteiger partial charge in [0, 0.05) is 5.75 Å². The standard InChI is InChI=1S/C6H9F3O2S/c1-4(5(10)11)2-12-3-6(7,8)9/h4H,2-3H2,1H3,(H,10,11). The summed E-state index contributed by atoms with van der Waals surface area (Å²) in [4.78, 5) is 10.2. The molecule has 2 nitrogen and oxygen atoms in total. The molecule has 0 radical (unpaired) electrons. The van der Waals surface area contributed by atoms with Gasteiger partial charge in [0.05, 0.1) is 11.7 Å². The van der Waals surface area contributed by atoms with Gasteiger partial charge in [-0.1, -0.05) is 6.92 Å². The van der Waals surface area contributed by atoms with Gasteiger partial charge in [-0.25, -0.2) is 0 Å². The van der Waals surface area contributed by atoms with Crippen LogP contribution in [0.2, 0.25) is 0 Å². The first-order valence-electron chi connectivity index (χ1n) is 3.20. The summed E-state index contributed by atoms with van der Waals surface area (Å²) in [6.07, 6.45) is -4.21. The zero-order valence-electron chi connectivity index (χ0n) is 6.39. The lowest BCUT2D eigenvalue weighted by Gasteiger charge is -2.07. The molecule has 0 heterocycles. The molecular formula is C6H9F3O2S. The van der Waals surface area contributed by atoms with Crippen LogP contribution in [0, 0.1) is 5.92 Å². The monoisotopic (exact) mass is 202 g/mol. The second kappa shape index (κ2) is 4.59. The Morgan fingerprint density at radius 3 is 2.42 bits per heavy atom. The van der Waals surface area contributed by atoms with E-state index < -0.39 is 23.8 Å². The molecule has 12 heavy (non-hydrogen) atoms. The third-order valence-corrected chi connectivity index (χ3v) is 2.32. The Hall–Kier alpha value is -0.390. The van der Waals surface area contributed by atoms with Crippen LogP contribution in [0.1, 0.15) is 6.92 Å². The lowest BCUT2D eigenvalue weighted by atomic mass is 10.2. The number of carboxylic acids is 1. The summed E-state index contributed by atoms with van der Waals surface area (Å²) in [5.74, 6) is -2.78. The van der Waals surface area contributed by atoms with Crippen LogP contribution in [0.25, 0.3) is 0 Å². The third-order valence-electron chi connectivity index (χ3n) is 1.06. The van der Waals surface area contributed by atoms with Crippen molar-refractivity contribution in [1.29, 1.82) is 0 Å². The first-order chi connectivity index (χ1) is 5.33. The minimum Gasteiger partial charge on any atom is -0.481 e. The molecule has 0 aliphatic carbocycles. The Morgan fingerprint density at radius 2 is 2.08 bits per heavy atom. The molecule has 0 aromatic carbocycles. The molecule has 0 bridgehead atoms. The van der Waals surface area contributed by atoms with Crippen LogP contribution in [-0.2, 0) is 4.79 Å². The predicted octanol–water partition coefficient (Wildman–Crippen LogP) is 2.00. The molecule has 0 rings (SSSR count). The van der Waals surface area contributed by atoms with E-state index in [0.29, 0.717) is 11.8 Å². The number of carbonyl (C=O) groups is 1. The summed E-state index contributed by atoms with van der Waals surface area (Å²) in [6.45, 7) is 1.38. The van der Waals surface area contributed by atoms with E-state index >= 15 is 0 Å². The number of hydrogen-bond acceptors (Lipinski definition) is 2. The molecule has 0 spiro atoms. The van der Waals surface area contributed by atoms with E-state index in [4.69, 9.17) is 5.11 Å². The number of aliphatic carboxylic acids is 1. The minimum atomic E-state index is -4.21. The van der Waals surface area contributed by atoms with Gasteiger partial charge in [0.25, 0.3) is 0 Å². The number of alkyl halides is 3. The van der Waals surface area contributed by atoms with Crippen LogP contribution in [-0.4, -0.2) is 28.8 Å². The highest BCUT2D eigenvalue weighted by Gasteiger charge is 2.27. The highest BCUT2D eigenvalue weighted by atomic mass is 32.2. The third kappa shape index (κ3) is 6.33. The maximum Gasteiger partial charge on any atom is 0.397 e. The molecule has 0 saturated heterocycles. The maximum atomic E-state index is 11.5. The van der Waals surface area contributed by atoms with Gasteiger partial charge < -0.3 is 5.11 Å². The SMILES string of the molecule is CC(CSCC(F)(F)F)C(=O)O. The zero-order valence-corrected chi connectivity index (χ0v) is 7.21. The van der Waals surface area contributed by atoms with Crippen LogP contribution < -0.4 is 0 Å². The normalized spacial score (nSPS) is 14.3. The maximum absolute atomic E-state index is 11.5. The topological polar surface area (TPSA) is 37.3 Å². The average molecular weight is 202 g/mol. The molecule has 0 fully saturated rings. The molecule has 0 aliphatic rings. The summed E-state index contributed by atoms with van der Waals surface area (Å²) < 4.78 is 34.6. The Balaban J connectivity index is 3.51. The number of thioether (sulfide) groups is 1. The van der Waals surface area contributed by atoms with Crippen molar-refractivity contribution in [1.82, 2.24) is 0 Å². The van der Waals surface area contributed by atoms with Gasteiger partial charge >= 0.3 is 12.1 Å². The fraction of sp³-hybridized carbons (Fsp3) is 0.833. The summed E-state index contributed by atoms with van der Waals surface area (Å²) >= 11 is 0.591. The molecule has 0 aromatic heterocycles. The van der Waals surface area contributed by atoms with E-state index in [1.165, 1.54) is 6.92 Å². The van der Waals surface area contributed by atoms with Gasteiger partial charge in [0.1, 0.15) is 0 Å². The van der Waals surface area contributed by atoms with Gasteiger partial charge in [-0.3, -0.25) is 4.79 Å². The highest BCUT2D eigenvalue weighted by Crippen LogP contribution is 2.22. The van der Waals surface area contributed by atoms with Crippen molar-refractivity contribution >= 4 is 17.7 Å². The van der Waals surface area contributed by atoms with Crippen molar-refractivity contribution in [2.75, 3.05) is 11.5 Å². The quantitative estimate of drug-likeness (QED) is 0.757. The van der Waals surface area contributed by atoms with Crippen LogP contribution in [0.5, 0.6) is 0 Å². The van der Waals surface area contributed by atoms with Crippen molar-refractivity contribution in [3.05, 3.63) is 0 Å². The van der Waals surface area contributed by atoms with Crippen molar-refractivity contribution in [2.45, 2.75) is 13.1 Å². The molecular weight excluding hydrogens is 193 g/mol. The molecule has 0 aromatic rings. The van der Waals surface area contributed by atoms with E-state index in [1.807, 2.05) is 0 Å². The summed E-state index contributed by atoms with van der Waals surface area (Å²) in [7, 11) is 0. The number of carboxylic acid groups (broad SMARTS) is 1. The van der Waals surface area contributed by atoms with Gasteiger partial charge in [-0.05, 0) is 0 Å². The van der Waals surface area contributed by atoms with E-state index in [2.05, 4.69) is 0 Å². The number of rotatable bonds is 4. The average Bonchev–Trinajstić information content (AvgIpc) is 1.84. The first-order valence-corrected chi connectivity index (χ1v) is 4.35. The smallest absolute Gasteiger partial charge is 0.397 e. The van der Waals surface area contributed by atoms with Gasteiger partial charge in [0.15, 0.2) is 0 Å². The summed E-state index contributed by atoms with van der Waals surface area (Å²) in [5.41, 5.74) is 0. The Morgan fingerprint density at radius 1 is 1.58 bits per heavy atom. The minimum absolute atomic E-state index is 0.00512. The van der Waals surface area contributed by atoms with E-state index in [9.17, 15) is 18.0 Å². The molecule has 1 N–H and O–H groups in total. The number of hydrogen-bond donors (Lipinski definition) is 1. The van der Waals surface area contributed by atoms with Crippen molar-refractivity contribution in [3.8, 4) is 0 Å². The Bertz CT molecular complexity index is 157. The van der Waals surface area contributed by atoms with Crippen LogP contribution in [0.3, 0.4) is 0 Å². The largest absolute Gasteiger partial charge is 0.481 e. The van der Waals surface area contributed by atoms with Crippen LogP contribution in [0.4, 0.5) is 13.2 Å². The second-order valence-corrected chi connectivity index (χ2v) is 3.40. The lowest BCUT2D eigenvalue weighted by Crippen LogP contribution is -2.16. The first kappa shape index (κ1) is 11.6. The molecule has 72 valence electrons. The fourth-order valence-corrected chi connectivity index (χ4v) is 1.27. The molecule has 1 atom stereocenters. The second-order valence-electron chi connectivity index (χ2n) is 2.37. The Kier molecular flexibility index (Phi) is 4.44. The molecule has 0 aliphatic heterocycles. The number of halogens is 3. The van der Waals surface area contributed by atoms with Crippen molar-refractivity contribution < 1.29 is 23.1 Å². The predicted molar refractivity (Wildman–Crippen MR) is 40.2 cm³/mol. The summed E-state index contributed by atoms with van der Waals surface area (Å²) in [6, 6.07) is 0. The summed E-state index contributed by atoms with van der Waals surface area (Å²) in [5, 5.41) is 8.32. The Labute approximate surface area is 72.1 Å². The van der Waals surface area contributed by atoms with E-state index in [-0.39, 0.29) is 5.75 Å². The molecule has 6 heteroatoms. The van der Waals surface area contributed by atoms with Crippen LogP contribution >= 0.6 is 11.8 Å². The van der Waals surface area contributed by atoms with Crippen molar-refractivity contribution in [3.63, 3.8) is 0 Å². The fourth-order valence-electron chi connectivity index (χ4n) is 0.423. The van der Waals surface area contributed by atoms with E-state index in [0.717, 1.165) is 0 Å². The molecule has 1 unspecified atom stereocenters. The molecule has 0 amide bonds.